The monoisotopic (exact) mass is 280 g/mol. The van der Waals surface area contributed by atoms with E-state index >= 15 is 0 Å². The van der Waals surface area contributed by atoms with Crippen LogP contribution in [0, 0.1) is 5.82 Å². The zero-order valence-electron chi connectivity index (χ0n) is 9.88. The van der Waals surface area contributed by atoms with E-state index in [0.29, 0.717) is 16.8 Å². The van der Waals surface area contributed by atoms with Crippen LogP contribution in [0.2, 0.25) is 5.02 Å². The van der Waals surface area contributed by atoms with Crippen LogP contribution in [-0.4, -0.2) is 17.2 Å². The molecule has 0 aliphatic heterocycles. The van der Waals surface area contributed by atoms with E-state index in [4.69, 9.17) is 26.4 Å². The molecule has 2 aromatic rings. The average molecular weight is 280 g/mol. The molecule has 0 aliphatic carbocycles. The first kappa shape index (κ1) is 13.9. The molecule has 0 aromatic heterocycles. The van der Waals surface area contributed by atoms with Gasteiger partial charge in [-0.3, -0.25) is 0 Å². The van der Waals surface area contributed by atoms with Crippen molar-refractivity contribution in [1.82, 2.24) is 0 Å². The van der Waals surface area contributed by atoms with Crippen LogP contribution in [0.3, 0.4) is 0 Å². The molecule has 0 spiro atoms. The maximum absolute atomic E-state index is 13.6. The summed E-state index contributed by atoms with van der Waals surface area (Å²) in [5, 5.41) is 18.1. The minimum absolute atomic E-state index is 0.0113. The molecule has 0 amide bonds. The van der Waals surface area contributed by atoms with Crippen LogP contribution in [0.25, 0.3) is 0 Å². The lowest BCUT2D eigenvalue weighted by Gasteiger charge is -2.09. The third kappa shape index (κ3) is 3.47. The van der Waals surface area contributed by atoms with Gasteiger partial charge in [0.1, 0.15) is 18.2 Å². The fourth-order valence-corrected chi connectivity index (χ4v) is 1.78. The summed E-state index contributed by atoms with van der Waals surface area (Å²) in [7, 11) is -1.56. The molecule has 0 unspecified atom stereocenters. The first-order valence-corrected chi connectivity index (χ1v) is 5.97. The van der Waals surface area contributed by atoms with E-state index in [1.54, 1.807) is 30.3 Å². The number of hydrogen-bond donors (Lipinski definition) is 2. The van der Waals surface area contributed by atoms with E-state index in [1.807, 2.05) is 0 Å². The molecular formula is C13H11BClFO3. The second-order valence-corrected chi connectivity index (χ2v) is 4.35. The Morgan fingerprint density at radius 3 is 2.63 bits per heavy atom. The second-order valence-electron chi connectivity index (χ2n) is 3.95. The summed E-state index contributed by atoms with van der Waals surface area (Å²) < 4.78 is 19.0. The van der Waals surface area contributed by atoms with Gasteiger partial charge in [-0.1, -0.05) is 35.9 Å². The van der Waals surface area contributed by atoms with Gasteiger partial charge in [-0.25, -0.2) is 4.39 Å². The van der Waals surface area contributed by atoms with Crippen molar-refractivity contribution < 1.29 is 19.2 Å². The smallest absolute Gasteiger partial charge is 0.488 e. The van der Waals surface area contributed by atoms with Gasteiger partial charge in [0, 0.05) is 5.56 Å². The first-order chi connectivity index (χ1) is 9.08. The molecule has 0 bridgehead atoms. The summed E-state index contributed by atoms with van der Waals surface area (Å²) in [5.41, 5.74) is 0.645. The molecule has 3 nitrogen and oxygen atoms in total. The molecule has 98 valence electrons. The van der Waals surface area contributed by atoms with Gasteiger partial charge in [0.25, 0.3) is 0 Å². The topological polar surface area (TPSA) is 49.7 Å². The molecule has 2 aromatic carbocycles. The van der Waals surface area contributed by atoms with Gasteiger partial charge in [0.2, 0.25) is 0 Å². The highest BCUT2D eigenvalue weighted by Crippen LogP contribution is 2.19. The van der Waals surface area contributed by atoms with Gasteiger partial charge in [-0.05, 0) is 23.7 Å². The van der Waals surface area contributed by atoms with Gasteiger partial charge in [0.15, 0.2) is 0 Å². The highest BCUT2D eigenvalue weighted by atomic mass is 35.5. The third-order valence-electron chi connectivity index (χ3n) is 2.58. The van der Waals surface area contributed by atoms with Crippen molar-refractivity contribution in [3.05, 3.63) is 58.9 Å². The number of rotatable bonds is 4. The summed E-state index contributed by atoms with van der Waals surface area (Å²) in [6.07, 6.45) is 0. The van der Waals surface area contributed by atoms with Gasteiger partial charge < -0.3 is 14.8 Å². The Hall–Kier alpha value is -1.56. The molecule has 0 heterocycles. The molecule has 0 saturated carbocycles. The Balaban J connectivity index is 2.10. The van der Waals surface area contributed by atoms with Crippen LogP contribution in [0.1, 0.15) is 5.56 Å². The van der Waals surface area contributed by atoms with E-state index in [9.17, 15) is 4.39 Å². The summed E-state index contributed by atoms with van der Waals surface area (Å²) in [6, 6.07) is 11.0. The number of halogens is 2. The van der Waals surface area contributed by atoms with E-state index in [1.165, 1.54) is 12.1 Å². The molecule has 6 heteroatoms. The van der Waals surface area contributed by atoms with Crippen molar-refractivity contribution in [2.45, 2.75) is 6.61 Å². The first-order valence-electron chi connectivity index (χ1n) is 5.59. The Kier molecular flexibility index (Phi) is 4.42. The molecule has 19 heavy (non-hydrogen) atoms. The molecule has 0 atom stereocenters. The molecule has 0 radical (unpaired) electrons. The Morgan fingerprint density at radius 1 is 1.16 bits per heavy atom. The van der Waals surface area contributed by atoms with Gasteiger partial charge >= 0.3 is 7.12 Å². The highest BCUT2D eigenvalue weighted by Gasteiger charge is 2.12. The lowest BCUT2D eigenvalue weighted by Crippen LogP contribution is -2.29. The number of ether oxygens (including phenoxy) is 1. The largest absolute Gasteiger partial charge is 0.489 e. The molecule has 2 rings (SSSR count). The third-order valence-corrected chi connectivity index (χ3v) is 2.87. The minimum Gasteiger partial charge on any atom is -0.489 e. The quantitative estimate of drug-likeness (QED) is 0.839. The highest BCUT2D eigenvalue weighted by molar-refractivity contribution is 6.58. The zero-order valence-corrected chi connectivity index (χ0v) is 10.6. The van der Waals surface area contributed by atoms with E-state index < -0.39 is 12.9 Å². The van der Waals surface area contributed by atoms with Crippen LogP contribution in [0.15, 0.2) is 42.5 Å². The van der Waals surface area contributed by atoms with Gasteiger partial charge in [0.05, 0.1) is 5.02 Å². The normalized spacial score (nSPS) is 10.3. The SMILES string of the molecule is OB(O)c1cccc(OCc2cccc(Cl)c2F)c1. The zero-order chi connectivity index (χ0) is 13.8. The Bertz CT molecular complexity index is 578. The van der Waals surface area contributed by atoms with Crippen molar-refractivity contribution in [2.75, 3.05) is 0 Å². The lowest BCUT2D eigenvalue weighted by atomic mass is 9.80. The van der Waals surface area contributed by atoms with Gasteiger partial charge in [-0.15, -0.1) is 0 Å². The average Bonchev–Trinajstić information content (AvgIpc) is 2.41. The predicted octanol–water partition coefficient (Wildman–Crippen LogP) is 1.74. The van der Waals surface area contributed by atoms with E-state index in [2.05, 4.69) is 0 Å². The van der Waals surface area contributed by atoms with Crippen LogP contribution < -0.4 is 10.2 Å². The maximum Gasteiger partial charge on any atom is 0.488 e. The van der Waals surface area contributed by atoms with Crippen molar-refractivity contribution in [2.24, 2.45) is 0 Å². The van der Waals surface area contributed by atoms with E-state index in [0.717, 1.165) is 0 Å². The fourth-order valence-electron chi connectivity index (χ4n) is 1.59. The Morgan fingerprint density at radius 2 is 1.89 bits per heavy atom. The van der Waals surface area contributed by atoms with Crippen molar-refractivity contribution in [3.63, 3.8) is 0 Å². The summed E-state index contributed by atoms with van der Waals surface area (Å²) in [6.45, 7) is 0.0113. The van der Waals surface area contributed by atoms with E-state index in [-0.39, 0.29) is 11.6 Å². The summed E-state index contributed by atoms with van der Waals surface area (Å²) in [4.78, 5) is 0. The van der Waals surface area contributed by atoms with Crippen molar-refractivity contribution in [1.29, 1.82) is 0 Å². The fraction of sp³-hybridized carbons (Fsp3) is 0.0769. The lowest BCUT2D eigenvalue weighted by molar-refractivity contribution is 0.300. The minimum atomic E-state index is -1.56. The molecular weight excluding hydrogens is 269 g/mol. The number of hydrogen-bond acceptors (Lipinski definition) is 3. The summed E-state index contributed by atoms with van der Waals surface area (Å²) >= 11 is 5.67. The molecule has 0 saturated heterocycles. The predicted molar refractivity (Wildman–Crippen MR) is 72.0 cm³/mol. The number of benzene rings is 2. The van der Waals surface area contributed by atoms with Gasteiger partial charge in [-0.2, -0.15) is 0 Å². The standard InChI is InChI=1S/C13H11BClFO3/c15-12-6-1-3-9(13(12)16)8-19-11-5-2-4-10(7-11)14(17)18/h1-7,17-18H,8H2. The van der Waals surface area contributed by atoms with Crippen LogP contribution >= 0.6 is 11.6 Å². The molecule has 0 aliphatic rings. The van der Waals surface area contributed by atoms with Crippen molar-refractivity contribution in [3.8, 4) is 5.75 Å². The van der Waals surface area contributed by atoms with Crippen molar-refractivity contribution >= 4 is 24.2 Å². The molecule has 0 fully saturated rings. The van der Waals surface area contributed by atoms with Crippen LogP contribution in [0.4, 0.5) is 4.39 Å². The van der Waals surface area contributed by atoms with Crippen LogP contribution in [-0.2, 0) is 6.61 Å². The van der Waals surface area contributed by atoms with Crippen LogP contribution in [0.5, 0.6) is 5.75 Å². The maximum atomic E-state index is 13.6. The summed E-state index contributed by atoms with van der Waals surface area (Å²) in [5.74, 6) is -0.0903. The Labute approximate surface area is 115 Å². The second kappa shape index (κ2) is 6.06. The molecule has 2 N–H and O–H groups in total.